The number of amides is 1. The molecule has 2 aromatic carbocycles. The standard InChI is InChI=1S/C24H26Cl2N4O5S/c1-16-20(25)8-9-21(22(16)26)36(34,35)15-27-10-2-3-19(31)14-28-13-17-4-6-18(7-5-17)23-29-11-12-30(23)24(32)33/h2-9,27-28H,10-15H2,1H3,(H,32,33). The molecule has 1 aliphatic rings. The molecule has 0 radical (unpaired) electrons. The van der Waals surface area contributed by atoms with Crippen LogP contribution in [0.5, 0.6) is 0 Å². The predicted molar refractivity (Wildman–Crippen MR) is 140 cm³/mol. The van der Waals surface area contributed by atoms with Crippen LogP contribution in [0.1, 0.15) is 16.7 Å². The summed E-state index contributed by atoms with van der Waals surface area (Å²) in [6.07, 6.45) is 1.91. The molecule has 1 aliphatic heterocycles. The van der Waals surface area contributed by atoms with E-state index in [-0.39, 0.29) is 34.7 Å². The first kappa shape index (κ1) is 27.8. The second-order valence-electron chi connectivity index (χ2n) is 8.01. The third-order valence-corrected chi connectivity index (χ3v) is 7.99. The molecule has 0 fully saturated rings. The number of hydrogen-bond acceptors (Lipinski definition) is 7. The average molecular weight is 553 g/mol. The Balaban J connectivity index is 1.39. The molecule has 192 valence electrons. The number of amidine groups is 1. The van der Waals surface area contributed by atoms with Crippen LogP contribution in [0.2, 0.25) is 10.0 Å². The van der Waals surface area contributed by atoms with Crippen molar-refractivity contribution >= 4 is 50.8 Å². The summed E-state index contributed by atoms with van der Waals surface area (Å²) in [4.78, 5) is 28.8. The Kier molecular flexibility index (Phi) is 9.63. The van der Waals surface area contributed by atoms with Gasteiger partial charge >= 0.3 is 6.09 Å². The molecule has 0 atom stereocenters. The van der Waals surface area contributed by atoms with E-state index in [1.165, 1.54) is 23.1 Å². The van der Waals surface area contributed by atoms with E-state index in [0.29, 0.717) is 36.1 Å². The van der Waals surface area contributed by atoms with Gasteiger partial charge in [-0.15, -0.1) is 0 Å². The number of ketones is 1. The van der Waals surface area contributed by atoms with Crippen LogP contribution < -0.4 is 10.6 Å². The molecule has 0 saturated carbocycles. The molecular weight excluding hydrogens is 527 g/mol. The summed E-state index contributed by atoms with van der Waals surface area (Å²) in [5, 5.41) is 15.5. The fourth-order valence-electron chi connectivity index (χ4n) is 3.46. The quantitative estimate of drug-likeness (QED) is 0.288. The Hall–Kier alpha value is -2.76. The molecule has 0 spiro atoms. The van der Waals surface area contributed by atoms with Crippen molar-refractivity contribution in [1.29, 1.82) is 0 Å². The first-order chi connectivity index (χ1) is 17.1. The summed E-state index contributed by atoms with van der Waals surface area (Å²) in [6.45, 7) is 3.19. The average Bonchev–Trinajstić information content (AvgIpc) is 3.33. The van der Waals surface area contributed by atoms with Crippen LogP contribution in [0.25, 0.3) is 0 Å². The molecule has 3 N–H and O–H groups in total. The summed E-state index contributed by atoms with van der Waals surface area (Å²) in [5.41, 5.74) is 2.15. The maximum atomic E-state index is 12.5. The SMILES string of the molecule is Cc1c(Cl)ccc(S(=O)(=O)CNCC=CC(=O)CNCc2ccc(C3=NCCN3C(=O)O)cc2)c1Cl. The number of carboxylic acid groups (broad SMARTS) is 1. The van der Waals surface area contributed by atoms with E-state index in [4.69, 9.17) is 23.2 Å². The monoisotopic (exact) mass is 552 g/mol. The number of nitrogens with zero attached hydrogens (tertiary/aromatic N) is 2. The van der Waals surface area contributed by atoms with Crippen molar-refractivity contribution in [3.05, 3.63) is 75.3 Å². The molecule has 1 amide bonds. The van der Waals surface area contributed by atoms with E-state index < -0.39 is 15.9 Å². The van der Waals surface area contributed by atoms with Gasteiger partial charge in [-0.3, -0.25) is 20.0 Å². The van der Waals surface area contributed by atoms with Crippen LogP contribution >= 0.6 is 23.2 Å². The number of aliphatic imine (C=N–C) groups is 1. The molecule has 0 aliphatic carbocycles. The van der Waals surface area contributed by atoms with Gasteiger partial charge in [0.1, 0.15) is 11.7 Å². The minimum atomic E-state index is -3.66. The molecule has 0 aromatic heterocycles. The second kappa shape index (κ2) is 12.5. The first-order valence-electron chi connectivity index (χ1n) is 11.0. The molecule has 3 rings (SSSR count). The lowest BCUT2D eigenvalue weighted by Crippen LogP contribution is -2.33. The van der Waals surface area contributed by atoms with Gasteiger partial charge in [0.05, 0.1) is 29.6 Å². The predicted octanol–water partition coefficient (Wildman–Crippen LogP) is 3.28. The Bertz CT molecular complexity index is 1290. The molecule has 2 aromatic rings. The lowest BCUT2D eigenvalue weighted by atomic mass is 10.1. The zero-order valence-electron chi connectivity index (χ0n) is 19.5. The minimum absolute atomic E-state index is 0.00583. The lowest BCUT2D eigenvalue weighted by molar-refractivity contribution is -0.113. The molecule has 0 bridgehead atoms. The lowest BCUT2D eigenvalue weighted by Gasteiger charge is -2.14. The zero-order chi connectivity index (χ0) is 26.3. The number of carbonyl (C=O) groups excluding carboxylic acids is 1. The van der Waals surface area contributed by atoms with E-state index in [0.717, 1.165) is 11.1 Å². The van der Waals surface area contributed by atoms with E-state index >= 15 is 0 Å². The topological polar surface area (TPSA) is 128 Å². The maximum absolute atomic E-state index is 12.5. The van der Waals surface area contributed by atoms with Gasteiger partial charge in [0.25, 0.3) is 0 Å². The normalized spacial score (nSPS) is 13.9. The fourth-order valence-corrected chi connectivity index (χ4v) is 5.43. The Morgan fingerprint density at radius 2 is 1.86 bits per heavy atom. The Morgan fingerprint density at radius 1 is 1.14 bits per heavy atom. The second-order valence-corrected chi connectivity index (χ2v) is 10.7. The van der Waals surface area contributed by atoms with Gasteiger partial charge in [0, 0.05) is 23.7 Å². The van der Waals surface area contributed by atoms with Crippen molar-refractivity contribution in [2.45, 2.75) is 18.4 Å². The number of hydrogen-bond donors (Lipinski definition) is 3. The van der Waals surface area contributed by atoms with Gasteiger partial charge in [-0.1, -0.05) is 53.5 Å². The first-order valence-corrected chi connectivity index (χ1v) is 13.4. The van der Waals surface area contributed by atoms with Gasteiger partial charge in [0.15, 0.2) is 15.6 Å². The van der Waals surface area contributed by atoms with Crippen molar-refractivity contribution in [3.8, 4) is 0 Å². The molecule has 0 unspecified atom stereocenters. The van der Waals surface area contributed by atoms with Gasteiger partial charge in [-0.25, -0.2) is 13.2 Å². The fraction of sp³-hybridized carbons (Fsp3) is 0.292. The molecule has 0 saturated heterocycles. The van der Waals surface area contributed by atoms with Crippen LogP contribution in [0.3, 0.4) is 0 Å². The summed E-state index contributed by atoms with van der Waals surface area (Å²) in [5.74, 6) is -0.0582. The van der Waals surface area contributed by atoms with E-state index in [1.54, 1.807) is 25.1 Å². The molecule has 12 heteroatoms. The Labute approximate surface area is 219 Å². The largest absolute Gasteiger partial charge is 0.465 e. The van der Waals surface area contributed by atoms with E-state index in [9.17, 15) is 23.1 Å². The molecule has 9 nitrogen and oxygen atoms in total. The number of benzene rings is 2. The summed E-state index contributed by atoms with van der Waals surface area (Å²) >= 11 is 12.1. The van der Waals surface area contributed by atoms with Crippen molar-refractivity contribution in [1.82, 2.24) is 15.5 Å². The summed E-state index contributed by atoms with van der Waals surface area (Å²) < 4.78 is 25.0. The van der Waals surface area contributed by atoms with Crippen LogP contribution in [-0.2, 0) is 21.2 Å². The van der Waals surface area contributed by atoms with Gasteiger partial charge in [-0.2, -0.15) is 0 Å². The number of rotatable bonds is 11. The van der Waals surface area contributed by atoms with Crippen LogP contribution in [-0.4, -0.2) is 68.2 Å². The van der Waals surface area contributed by atoms with Crippen LogP contribution in [0.15, 0.2) is 58.4 Å². The smallest absolute Gasteiger partial charge is 0.413 e. The summed E-state index contributed by atoms with van der Waals surface area (Å²) in [6, 6.07) is 10.2. The van der Waals surface area contributed by atoms with Gasteiger partial charge in [-0.05, 0) is 36.3 Å². The van der Waals surface area contributed by atoms with Crippen LogP contribution in [0, 0.1) is 6.92 Å². The van der Waals surface area contributed by atoms with Gasteiger partial charge < -0.3 is 10.4 Å². The zero-order valence-corrected chi connectivity index (χ0v) is 21.8. The highest BCUT2D eigenvalue weighted by Crippen LogP contribution is 2.30. The third-order valence-electron chi connectivity index (χ3n) is 5.39. The number of halogens is 2. The molecular formula is C24H26Cl2N4O5S. The summed E-state index contributed by atoms with van der Waals surface area (Å²) in [7, 11) is -3.66. The van der Waals surface area contributed by atoms with E-state index in [2.05, 4.69) is 15.6 Å². The molecule has 36 heavy (non-hydrogen) atoms. The van der Waals surface area contributed by atoms with Crippen molar-refractivity contribution < 1.29 is 23.1 Å². The van der Waals surface area contributed by atoms with Crippen molar-refractivity contribution in [2.24, 2.45) is 4.99 Å². The number of carbonyl (C=O) groups is 2. The highest BCUT2D eigenvalue weighted by atomic mass is 35.5. The third kappa shape index (κ3) is 7.14. The highest BCUT2D eigenvalue weighted by molar-refractivity contribution is 7.91. The van der Waals surface area contributed by atoms with Crippen LogP contribution in [0.4, 0.5) is 4.79 Å². The highest BCUT2D eigenvalue weighted by Gasteiger charge is 2.24. The minimum Gasteiger partial charge on any atom is -0.465 e. The number of sulfone groups is 1. The maximum Gasteiger partial charge on any atom is 0.413 e. The van der Waals surface area contributed by atoms with E-state index in [1.807, 2.05) is 12.1 Å². The number of nitrogens with one attached hydrogen (secondary N) is 2. The van der Waals surface area contributed by atoms with Crippen molar-refractivity contribution in [3.63, 3.8) is 0 Å². The van der Waals surface area contributed by atoms with Gasteiger partial charge in [0.2, 0.25) is 0 Å². The van der Waals surface area contributed by atoms with Crippen molar-refractivity contribution in [2.75, 3.05) is 32.1 Å². The molecule has 1 heterocycles. The Morgan fingerprint density at radius 3 is 2.56 bits per heavy atom.